The van der Waals surface area contributed by atoms with Gasteiger partial charge in [0.2, 0.25) is 10.0 Å². The van der Waals surface area contributed by atoms with Crippen molar-refractivity contribution in [1.29, 1.82) is 0 Å². The van der Waals surface area contributed by atoms with Crippen LogP contribution in [0.25, 0.3) is 0 Å². The van der Waals surface area contributed by atoms with Gasteiger partial charge in [-0.2, -0.15) is 4.31 Å². The second-order valence-electron chi connectivity index (χ2n) is 7.35. The molecule has 1 saturated heterocycles. The lowest BCUT2D eigenvalue weighted by Crippen LogP contribution is -2.45. The molecule has 2 amide bonds. The lowest BCUT2D eigenvalue weighted by molar-refractivity contribution is -0.136. The summed E-state index contributed by atoms with van der Waals surface area (Å²) in [6.07, 6.45) is 1.26. The number of halogens is 1. The van der Waals surface area contributed by atoms with Gasteiger partial charge in [0.1, 0.15) is 5.82 Å². The molecule has 0 spiro atoms. The van der Waals surface area contributed by atoms with E-state index >= 15 is 0 Å². The quantitative estimate of drug-likeness (QED) is 0.708. The van der Waals surface area contributed by atoms with E-state index in [1.807, 2.05) is 13.0 Å². The molecule has 9 heteroatoms. The Hall–Kier alpha value is -2.78. The van der Waals surface area contributed by atoms with Crippen LogP contribution in [0.15, 0.2) is 47.4 Å². The number of hydrogen-bond donors (Lipinski definition) is 2. The summed E-state index contributed by atoms with van der Waals surface area (Å²) in [5.74, 6) is -2.23. The average Bonchev–Trinajstić information content (AvgIpc) is 3.19. The largest absolute Gasteiger partial charge is 0.346 e. The molecule has 0 radical (unpaired) electrons. The zero-order valence-electron chi connectivity index (χ0n) is 16.8. The molecule has 2 aromatic carbocycles. The molecule has 2 aromatic rings. The number of amides is 2. The van der Waals surface area contributed by atoms with Crippen LogP contribution in [0.5, 0.6) is 0 Å². The molecule has 0 aromatic heterocycles. The van der Waals surface area contributed by atoms with E-state index in [0.717, 1.165) is 5.56 Å². The molecule has 1 heterocycles. The fourth-order valence-corrected chi connectivity index (χ4v) is 5.46. The highest BCUT2D eigenvalue weighted by atomic mass is 32.2. The lowest BCUT2D eigenvalue weighted by atomic mass is 10.2. The third-order valence-electron chi connectivity index (χ3n) is 5.06. The number of nitrogens with zero attached hydrogens (tertiary/aromatic N) is 1. The Balaban J connectivity index is 1.64. The van der Waals surface area contributed by atoms with Gasteiger partial charge in [-0.3, -0.25) is 9.59 Å². The van der Waals surface area contributed by atoms with E-state index in [1.54, 1.807) is 19.1 Å². The maximum absolute atomic E-state index is 13.2. The summed E-state index contributed by atoms with van der Waals surface area (Å²) in [5.41, 5.74) is 1.80. The molecule has 160 valence electrons. The molecule has 0 bridgehead atoms. The van der Waals surface area contributed by atoms with E-state index < -0.39 is 33.7 Å². The SMILES string of the molecule is Cc1ccc(C)c(S(=O)(=O)N2CCC[C@@H]2CNC(=O)C(=O)Nc2ccc(F)cc2)c1. The lowest BCUT2D eigenvalue weighted by Gasteiger charge is -2.25. The molecule has 7 nitrogen and oxygen atoms in total. The van der Waals surface area contributed by atoms with E-state index in [2.05, 4.69) is 10.6 Å². The maximum Gasteiger partial charge on any atom is 0.313 e. The van der Waals surface area contributed by atoms with Gasteiger partial charge < -0.3 is 10.6 Å². The van der Waals surface area contributed by atoms with E-state index in [-0.39, 0.29) is 17.1 Å². The van der Waals surface area contributed by atoms with Crippen LogP contribution in [0.4, 0.5) is 10.1 Å². The first-order valence-corrected chi connectivity index (χ1v) is 11.1. The van der Waals surface area contributed by atoms with Crippen molar-refractivity contribution in [3.8, 4) is 0 Å². The predicted molar refractivity (Wildman–Crippen MR) is 111 cm³/mol. The third-order valence-corrected chi connectivity index (χ3v) is 7.15. The molecule has 1 aliphatic rings. The summed E-state index contributed by atoms with van der Waals surface area (Å²) in [6, 6.07) is 9.87. The number of benzene rings is 2. The molecule has 0 saturated carbocycles. The van der Waals surface area contributed by atoms with Gasteiger partial charge in [-0.1, -0.05) is 12.1 Å². The zero-order chi connectivity index (χ0) is 21.9. The highest BCUT2D eigenvalue weighted by Crippen LogP contribution is 2.28. The van der Waals surface area contributed by atoms with Crippen LogP contribution in [-0.2, 0) is 19.6 Å². The number of rotatable bonds is 5. The van der Waals surface area contributed by atoms with Crippen molar-refractivity contribution in [1.82, 2.24) is 9.62 Å². The standard InChI is InChI=1S/C21H24FN3O4S/c1-14-5-6-15(2)19(12-14)30(28,29)25-11-3-4-18(25)13-23-20(26)21(27)24-17-9-7-16(22)8-10-17/h5-10,12,18H,3-4,11,13H2,1-2H3,(H,23,26)(H,24,27)/t18-/m1/s1. The van der Waals surface area contributed by atoms with Crippen LogP contribution in [-0.4, -0.2) is 43.7 Å². The monoisotopic (exact) mass is 433 g/mol. The molecule has 0 aliphatic carbocycles. The van der Waals surface area contributed by atoms with Gasteiger partial charge in [0, 0.05) is 24.8 Å². The van der Waals surface area contributed by atoms with Crippen molar-refractivity contribution in [3.05, 3.63) is 59.4 Å². The molecular weight excluding hydrogens is 409 g/mol. The van der Waals surface area contributed by atoms with Gasteiger partial charge in [-0.15, -0.1) is 0 Å². The van der Waals surface area contributed by atoms with E-state index in [0.29, 0.717) is 24.9 Å². The molecular formula is C21H24FN3O4S. The van der Waals surface area contributed by atoms with Crippen molar-refractivity contribution < 1.29 is 22.4 Å². The molecule has 0 unspecified atom stereocenters. The summed E-state index contributed by atoms with van der Waals surface area (Å²) >= 11 is 0. The fraction of sp³-hybridized carbons (Fsp3) is 0.333. The minimum atomic E-state index is -3.72. The smallest absolute Gasteiger partial charge is 0.313 e. The van der Waals surface area contributed by atoms with Crippen LogP contribution in [0.3, 0.4) is 0 Å². The first-order chi connectivity index (χ1) is 14.2. The van der Waals surface area contributed by atoms with Gasteiger partial charge in [0.25, 0.3) is 0 Å². The first-order valence-electron chi connectivity index (χ1n) is 9.62. The Kier molecular flexibility index (Phi) is 6.52. The molecule has 1 fully saturated rings. The second kappa shape index (κ2) is 8.93. The Morgan fingerprint density at radius 3 is 2.50 bits per heavy atom. The fourth-order valence-electron chi connectivity index (χ4n) is 3.45. The van der Waals surface area contributed by atoms with Crippen LogP contribution in [0.1, 0.15) is 24.0 Å². The van der Waals surface area contributed by atoms with E-state index in [9.17, 15) is 22.4 Å². The van der Waals surface area contributed by atoms with Crippen molar-refractivity contribution in [3.63, 3.8) is 0 Å². The molecule has 30 heavy (non-hydrogen) atoms. The number of aryl methyl sites for hydroxylation is 2. The molecule has 1 atom stereocenters. The molecule has 2 N–H and O–H groups in total. The summed E-state index contributed by atoms with van der Waals surface area (Å²) in [4.78, 5) is 24.4. The summed E-state index contributed by atoms with van der Waals surface area (Å²) < 4.78 is 40.7. The van der Waals surface area contributed by atoms with Crippen molar-refractivity contribution in [2.24, 2.45) is 0 Å². The van der Waals surface area contributed by atoms with E-state index in [4.69, 9.17) is 0 Å². The minimum absolute atomic E-state index is 0.0275. The second-order valence-corrected chi connectivity index (χ2v) is 9.21. The number of sulfonamides is 1. The third kappa shape index (κ3) is 4.85. The van der Waals surface area contributed by atoms with Crippen molar-refractivity contribution in [2.75, 3.05) is 18.4 Å². The topological polar surface area (TPSA) is 95.6 Å². The Bertz CT molecular complexity index is 1050. The highest BCUT2D eigenvalue weighted by molar-refractivity contribution is 7.89. The molecule has 1 aliphatic heterocycles. The van der Waals surface area contributed by atoms with Gasteiger partial charge >= 0.3 is 11.8 Å². The predicted octanol–water partition coefficient (Wildman–Crippen LogP) is 2.35. The number of nitrogens with one attached hydrogen (secondary N) is 2. The summed E-state index contributed by atoms with van der Waals surface area (Å²) in [7, 11) is -3.72. The van der Waals surface area contributed by atoms with Gasteiger partial charge in [0.15, 0.2) is 0 Å². The van der Waals surface area contributed by atoms with Gasteiger partial charge in [-0.05, 0) is 68.1 Å². The van der Waals surface area contributed by atoms with Gasteiger partial charge in [0.05, 0.1) is 4.90 Å². The number of carbonyl (C=O) groups is 2. The maximum atomic E-state index is 13.2. The summed E-state index contributed by atoms with van der Waals surface area (Å²) in [5, 5.41) is 4.88. The van der Waals surface area contributed by atoms with E-state index in [1.165, 1.54) is 28.6 Å². The van der Waals surface area contributed by atoms with Crippen LogP contribution >= 0.6 is 0 Å². The molecule has 3 rings (SSSR count). The number of anilines is 1. The Morgan fingerprint density at radius 1 is 1.10 bits per heavy atom. The normalized spacial score (nSPS) is 17.0. The van der Waals surface area contributed by atoms with Crippen molar-refractivity contribution >= 4 is 27.5 Å². The van der Waals surface area contributed by atoms with Crippen LogP contribution < -0.4 is 10.6 Å². The van der Waals surface area contributed by atoms with Crippen LogP contribution in [0, 0.1) is 19.7 Å². The number of carbonyl (C=O) groups excluding carboxylic acids is 2. The first kappa shape index (κ1) is 21.9. The van der Waals surface area contributed by atoms with Crippen LogP contribution in [0.2, 0.25) is 0 Å². The highest BCUT2D eigenvalue weighted by Gasteiger charge is 2.36. The zero-order valence-corrected chi connectivity index (χ0v) is 17.6. The minimum Gasteiger partial charge on any atom is -0.346 e. The Morgan fingerprint density at radius 2 is 1.80 bits per heavy atom. The van der Waals surface area contributed by atoms with Crippen molar-refractivity contribution in [2.45, 2.75) is 37.6 Å². The Labute approximate surface area is 175 Å². The summed E-state index contributed by atoms with van der Waals surface area (Å²) in [6.45, 7) is 3.97. The van der Waals surface area contributed by atoms with Gasteiger partial charge in [-0.25, -0.2) is 12.8 Å². The number of hydrogen-bond acceptors (Lipinski definition) is 4. The average molecular weight is 434 g/mol.